The van der Waals surface area contributed by atoms with Crippen molar-refractivity contribution in [1.82, 2.24) is 0 Å². The minimum absolute atomic E-state index is 0.0563. The molecule has 6 heteroatoms. The first-order valence-corrected chi connectivity index (χ1v) is 6.57. The number of nitro benzene ring substituents is 1. The Kier molecular flexibility index (Phi) is 5.39. The third kappa shape index (κ3) is 4.64. The van der Waals surface area contributed by atoms with Crippen LogP contribution < -0.4 is 5.73 Å². The number of benzene rings is 1. The third-order valence-corrected chi connectivity index (χ3v) is 3.14. The molecule has 0 saturated carbocycles. The van der Waals surface area contributed by atoms with E-state index in [2.05, 4.69) is 11.8 Å². The van der Waals surface area contributed by atoms with E-state index >= 15 is 0 Å². The van der Waals surface area contributed by atoms with Gasteiger partial charge in [0.05, 0.1) is 4.92 Å². The molecule has 0 aliphatic heterocycles. The highest BCUT2D eigenvalue weighted by molar-refractivity contribution is 8.13. The number of nitrogens with two attached hydrogens (primary N) is 1. The number of carbonyl (C=O) groups excluding carboxylic acids is 1. The first kappa shape index (κ1) is 15.1. The molecular formula is C13H14N2O3S. The Balaban J connectivity index is 2.82. The summed E-state index contributed by atoms with van der Waals surface area (Å²) in [6.07, 6.45) is 0.557. The largest absolute Gasteiger partial charge is 0.393 e. The summed E-state index contributed by atoms with van der Waals surface area (Å²) in [5.74, 6) is 6.35. The van der Waals surface area contributed by atoms with Crippen LogP contribution in [-0.2, 0) is 4.79 Å². The van der Waals surface area contributed by atoms with Crippen molar-refractivity contribution in [2.75, 3.05) is 11.5 Å². The van der Waals surface area contributed by atoms with Crippen molar-refractivity contribution in [2.45, 2.75) is 20.3 Å². The monoisotopic (exact) mass is 278 g/mol. The van der Waals surface area contributed by atoms with Crippen molar-refractivity contribution in [1.29, 1.82) is 0 Å². The summed E-state index contributed by atoms with van der Waals surface area (Å²) in [6.45, 7) is 3.21. The first-order valence-electron chi connectivity index (χ1n) is 5.58. The highest BCUT2D eigenvalue weighted by Crippen LogP contribution is 2.26. The number of carbonyl (C=O) groups is 1. The standard InChI is InChI=1S/C13H14N2O3S/c1-9-7-11(5-3-4-6-19-10(2)16)8-12(13(9)14)15(17)18/h7-8H,4,6,14H2,1-2H3. The Hall–Kier alpha value is -2.00. The average Bonchev–Trinajstić information content (AvgIpc) is 2.32. The van der Waals surface area contributed by atoms with E-state index in [0.29, 0.717) is 23.3 Å². The van der Waals surface area contributed by atoms with Crippen LogP contribution in [0.15, 0.2) is 12.1 Å². The topological polar surface area (TPSA) is 86.2 Å². The van der Waals surface area contributed by atoms with Gasteiger partial charge in [-0.25, -0.2) is 0 Å². The van der Waals surface area contributed by atoms with E-state index in [1.54, 1.807) is 13.0 Å². The highest BCUT2D eigenvalue weighted by Gasteiger charge is 2.14. The van der Waals surface area contributed by atoms with Gasteiger partial charge in [0, 0.05) is 30.7 Å². The smallest absolute Gasteiger partial charge is 0.293 e. The number of nitrogen functional groups attached to an aromatic ring is 1. The maximum absolute atomic E-state index is 10.8. The molecule has 0 aliphatic carbocycles. The maximum atomic E-state index is 10.8. The van der Waals surface area contributed by atoms with Crippen molar-refractivity contribution in [3.8, 4) is 11.8 Å². The van der Waals surface area contributed by atoms with Crippen LogP contribution in [0.2, 0.25) is 0 Å². The fourth-order valence-electron chi connectivity index (χ4n) is 1.41. The molecule has 0 amide bonds. The lowest BCUT2D eigenvalue weighted by Crippen LogP contribution is -1.98. The van der Waals surface area contributed by atoms with E-state index in [1.165, 1.54) is 24.8 Å². The molecule has 0 aliphatic rings. The zero-order valence-corrected chi connectivity index (χ0v) is 11.5. The molecule has 0 radical (unpaired) electrons. The molecule has 19 heavy (non-hydrogen) atoms. The van der Waals surface area contributed by atoms with Crippen LogP contribution in [0.4, 0.5) is 11.4 Å². The Labute approximate surface area is 115 Å². The van der Waals surface area contributed by atoms with Gasteiger partial charge in [-0.3, -0.25) is 14.9 Å². The lowest BCUT2D eigenvalue weighted by Gasteiger charge is -2.02. The van der Waals surface area contributed by atoms with Crippen molar-refractivity contribution in [3.05, 3.63) is 33.4 Å². The van der Waals surface area contributed by atoms with Crippen molar-refractivity contribution >= 4 is 28.3 Å². The first-order chi connectivity index (χ1) is 8.91. The van der Waals surface area contributed by atoms with Gasteiger partial charge in [0.15, 0.2) is 5.12 Å². The van der Waals surface area contributed by atoms with E-state index in [-0.39, 0.29) is 16.5 Å². The number of hydrogen-bond acceptors (Lipinski definition) is 5. The third-order valence-electron chi connectivity index (χ3n) is 2.33. The number of aryl methyl sites for hydroxylation is 1. The van der Waals surface area contributed by atoms with Gasteiger partial charge in [0.25, 0.3) is 5.69 Å². The fourth-order valence-corrected chi connectivity index (χ4v) is 1.90. The molecule has 5 nitrogen and oxygen atoms in total. The summed E-state index contributed by atoms with van der Waals surface area (Å²) in [5.41, 5.74) is 6.87. The van der Waals surface area contributed by atoms with Crippen molar-refractivity contribution in [2.24, 2.45) is 0 Å². The Morgan fingerprint density at radius 3 is 2.79 bits per heavy atom. The van der Waals surface area contributed by atoms with Gasteiger partial charge in [-0.2, -0.15) is 0 Å². The molecule has 0 aromatic heterocycles. The quantitative estimate of drug-likeness (QED) is 0.302. The van der Waals surface area contributed by atoms with Gasteiger partial charge in [-0.05, 0) is 18.6 Å². The molecule has 2 N–H and O–H groups in total. The van der Waals surface area contributed by atoms with Gasteiger partial charge >= 0.3 is 0 Å². The molecule has 0 atom stereocenters. The highest BCUT2D eigenvalue weighted by atomic mass is 32.2. The molecule has 100 valence electrons. The van der Waals surface area contributed by atoms with Crippen LogP contribution in [0.25, 0.3) is 0 Å². The zero-order valence-electron chi connectivity index (χ0n) is 10.7. The molecule has 1 aromatic rings. The summed E-state index contributed by atoms with van der Waals surface area (Å²) < 4.78 is 0. The summed E-state index contributed by atoms with van der Waals surface area (Å²) in [7, 11) is 0. The summed E-state index contributed by atoms with van der Waals surface area (Å²) in [4.78, 5) is 21.0. The minimum Gasteiger partial charge on any atom is -0.393 e. The van der Waals surface area contributed by atoms with Gasteiger partial charge in [0.2, 0.25) is 0 Å². The van der Waals surface area contributed by atoms with E-state index < -0.39 is 4.92 Å². The summed E-state index contributed by atoms with van der Waals surface area (Å²) >= 11 is 1.21. The molecule has 1 rings (SSSR count). The molecule has 0 saturated heterocycles. The van der Waals surface area contributed by atoms with E-state index in [1.807, 2.05) is 0 Å². The molecule has 0 unspecified atom stereocenters. The SMILES string of the molecule is CC(=O)SCCC#Cc1cc(C)c(N)c([N+](=O)[O-])c1. The van der Waals surface area contributed by atoms with Crippen LogP contribution >= 0.6 is 11.8 Å². The number of nitro groups is 1. The van der Waals surface area contributed by atoms with E-state index in [4.69, 9.17) is 5.73 Å². The van der Waals surface area contributed by atoms with Gasteiger partial charge < -0.3 is 5.73 Å². The molecule has 1 aromatic carbocycles. The lowest BCUT2D eigenvalue weighted by molar-refractivity contribution is -0.383. The molecule has 0 spiro atoms. The Bertz CT molecular complexity index is 573. The fraction of sp³-hybridized carbons (Fsp3) is 0.308. The average molecular weight is 278 g/mol. The van der Waals surface area contributed by atoms with E-state index in [0.717, 1.165) is 0 Å². The van der Waals surface area contributed by atoms with Gasteiger partial charge in [-0.1, -0.05) is 23.6 Å². The van der Waals surface area contributed by atoms with Crippen LogP contribution in [0.5, 0.6) is 0 Å². The van der Waals surface area contributed by atoms with E-state index in [9.17, 15) is 14.9 Å². The number of hydrogen-bond donors (Lipinski definition) is 1. The number of nitrogens with zero attached hydrogens (tertiary/aromatic N) is 1. The predicted octanol–water partition coefficient (Wildman–Crippen LogP) is 2.51. The molecular weight excluding hydrogens is 264 g/mol. The molecule has 0 heterocycles. The second-order valence-corrected chi connectivity index (χ2v) is 5.15. The van der Waals surface area contributed by atoms with Crippen LogP contribution in [-0.4, -0.2) is 15.8 Å². The van der Waals surface area contributed by atoms with Gasteiger partial charge in [0.1, 0.15) is 5.69 Å². The van der Waals surface area contributed by atoms with Gasteiger partial charge in [-0.15, -0.1) is 0 Å². The van der Waals surface area contributed by atoms with Crippen molar-refractivity contribution < 1.29 is 9.72 Å². The maximum Gasteiger partial charge on any atom is 0.293 e. The Morgan fingerprint density at radius 2 is 2.21 bits per heavy atom. The lowest BCUT2D eigenvalue weighted by atomic mass is 10.1. The van der Waals surface area contributed by atoms with Crippen LogP contribution in [0.3, 0.4) is 0 Å². The van der Waals surface area contributed by atoms with Crippen LogP contribution in [0.1, 0.15) is 24.5 Å². The number of thioether (sulfide) groups is 1. The second kappa shape index (κ2) is 6.81. The Morgan fingerprint density at radius 1 is 1.53 bits per heavy atom. The number of rotatable bonds is 3. The number of anilines is 1. The molecule has 0 bridgehead atoms. The summed E-state index contributed by atoms with van der Waals surface area (Å²) in [6, 6.07) is 3.08. The predicted molar refractivity (Wildman–Crippen MR) is 76.9 cm³/mol. The minimum atomic E-state index is -0.515. The van der Waals surface area contributed by atoms with Crippen molar-refractivity contribution in [3.63, 3.8) is 0 Å². The second-order valence-electron chi connectivity index (χ2n) is 3.87. The summed E-state index contributed by atoms with van der Waals surface area (Å²) in [5, 5.41) is 10.9. The zero-order chi connectivity index (χ0) is 14.4. The normalized spacial score (nSPS) is 9.58. The van der Waals surface area contributed by atoms with Crippen LogP contribution in [0, 0.1) is 28.9 Å². The molecule has 0 fully saturated rings.